The van der Waals surface area contributed by atoms with Gasteiger partial charge in [-0.15, -0.1) is 0 Å². The largest absolute Gasteiger partial charge is 0.394 e. The van der Waals surface area contributed by atoms with Crippen LogP contribution in [0.25, 0.3) is 6.08 Å². The molecule has 0 aliphatic heterocycles. The first-order chi connectivity index (χ1) is 12.2. The zero-order valence-corrected chi connectivity index (χ0v) is 16.3. The molecule has 2 bridgehead atoms. The molecule has 3 unspecified atom stereocenters. The number of carbonyl (C=O) groups is 1. The van der Waals surface area contributed by atoms with Gasteiger partial charge in [-0.05, 0) is 42.5 Å². The number of fused-ring (bicyclic) bond motifs is 2. The third-order valence-corrected chi connectivity index (χ3v) is 6.88. The fourth-order valence-electron chi connectivity index (χ4n) is 4.81. The number of hydrogen-bond acceptors (Lipinski definition) is 4. The Morgan fingerprint density at radius 1 is 1.27 bits per heavy atom. The van der Waals surface area contributed by atoms with E-state index in [1.165, 1.54) is 0 Å². The van der Waals surface area contributed by atoms with E-state index in [2.05, 4.69) is 51.1 Å². The van der Waals surface area contributed by atoms with Gasteiger partial charge < -0.3 is 10.2 Å². The maximum Gasteiger partial charge on any atom is 0.163 e. The van der Waals surface area contributed by atoms with Crippen molar-refractivity contribution in [3.63, 3.8) is 0 Å². The number of rotatable bonds is 6. The van der Waals surface area contributed by atoms with Crippen molar-refractivity contribution in [2.75, 3.05) is 20.2 Å². The molecule has 3 rings (SSSR count). The smallest absolute Gasteiger partial charge is 0.163 e. The van der Waals surface area contributed by atoms with Crippen molar-refractivity contribution in [3.8, 4) is 0 Å². The Hall–Kier alpha value is -1.49. The molecule has 2 N–H and O–H groups in total. The normalized spacial score (nSPS) is 29.7. The molecule has 26 heavy (non-hydrogen) atoms. The van der Waals surface area contributed by atoms with Crippen LogP contribution in [0.15, 0.2) is 29.8 Å². The lowest BCUT2D eigenvalue weighted by Gasteiger charge is -2.34. The summed E-state index contributed by atoms with van der Waals surface area (Å²) in [7, 11) is 1.92. The standard InChI is InChI=1S/C22H31NO3/c1-21(2)18-9-10-22(21,3)19(20(18)26)11-15-5-7-16(8-6-15)12-23(4)13-17(25)14-24/h5-8,11,17-18,24-25H,9-10,12-14H2,1-4H3/b19-11-. The fourth-order valence-corrected chi connectivity index (χ4v) is 4.81. The van der Waals surface area contributed by atoms with E-state index < -0.39 is 6.10 Å². The van der Waals surface area contributed by atoms with Crippen molar-refractivity contribution in [1.29, 1.82) is 0 Å². The van der Waals surface area contributed by atoms with Gasteiger partial charge in [0.2, 0.25) is 0 Å². The number of likely N-dealkylation sites (N-methyl/N-ethyl adjacent to an activating group) is 1. The van der Waals surface area contributed by atoms with Crippen LogP contribution in [0.2, 0.25) is 0 Å². The monoisotopic (exact) mass is 357 g/mol. The summed E-state index contributed by atoms with van der Waals surface area (Å²) in [5.41, 5.74) is 3.24. The Labute approximate surface area is 156 Å². The Morgan fingerprint density at radius 2 is 1.92 bits per heavy atom. The van der Waals surface area contributed by atoms with E-state index >= 15 is 0 Å². The topological polar surface area (TPSA) is 60.8 Å². The highest BCUT2D eigenvalue weighted by atomic mass is 16.3. The van der Waals surface area contributed by atoms with Crippen LogP contribution < -0.4 is 0 Å². The maximum atomic E-state index is 12.8. The van der Waals surface area contributed by atoms with Crippen molar-refractivity contribution >= 4 is 11.9 Å². The van der Waals surface area contributed by atoms with E-state index in [0.717, 1.165) is 29.5 Å². The highest BCUT2D eigenvalue weighted by Gasteiger charge is 2.63. The molecule has 0 amide bonds. The molecule has 0 radical (unpaired) electrons. The van der Waals surface area contributed by atoms with Crippen LogP contribution in [0.4, 0.5) is 0 Å². The lowest BCUT2D eigenvalue weighted by Crippen LogP contribution is -2.30. The number of aliphatic hydroxyl groups excluding tert-OH is 2. The third-order valence-electron chi connectivity index (χ3n) is 6.88. The van der Waals surface area contributed by atoms with Gasteiger partial charge in [-0.2, -0.15) is 0 Å². The number of nitrogens with zero attached hydrogens (tertiary/aromatic N) is 1. The lowest BCUT2D eigenvalue weighted by atomic mass is 9.69. The number of Topliss-reactive ketones (excluding diaryl/α,β-unsaturated/α-hetero) is 1. The second-order valence-electron chi connectivity index (χ2n) is 8.84. The van der Waals surface area contributed by atoms with E-state index in [1.807, 2.05) is 11.9 Å². The van der Waals surface area contributed by atoms with Crippen LogP contribution in [-0.2, 0) is 11.3 Å². The van der Waals surface area contributed by atoms with E-state index in [0.29, 0.717) is 18.9 Å². The summed E-state index contributed by atoms with van der Waals surface area (Å²) in [4.78, 5) is 14.8. The van der Waals surface area contributed by atoms with Crippen molar-refractivity contribution in [2.45, 2.75) is 46.3 Å². The van der Waals surface area contributed by atoms with Crippen LogP contribution in [0, 0.1) is 16.7 Å². The molecule has 2 fully saturated rings. The molecule has 4 heteroatoms. The molecule has 1 aromatic rings. The molecular formula is C22H31NO3. The Morgan fingerprint density at radius 3 is 2.46 bits per heavy atom. The first-order valence-electron chi connectivity index (χ1n) is 9.52. The number of benzene rings is 1. The Kier molecular flexibility index (Phi) is 5.13. The number of aliphatic hydroxyl groups is 2. The third kappa shape index (κ3) is 3.15. The minimum Gasteiger partial charge on any atom is -0.394 e. The number of carbonyl (C=O) groups excluding carboxylic acids is 1. The summed E-state index contributed by atoms with van der Waals surface area (Å²) in [5, 5.41) is 18.5. The number of hydrogen-bond donors (Lipinski definition) is 2. The van der Waals surface area contributed by atoms with Gasteiger partial charge in [0.05, 0.1) is 12.7 Å². The van der Waals surface area contributed by atoms with Crippen LogP contribution in [0.5, 0.6) is 0 Å². The molecular weight excluding hydrogens is 326 g/mol. The van der Waals surface area contributed by atoms with Gasteiger partial charge in [-0.1, -0.05) is 45.0 Å². The van der Waals surface area contributed by atoms with Crippen molar-refractivity contribution < 1.29 is 15.0 Å². The highest BCUT2D eigenvalue weighted by Crippen LogP contribution is 2.66. The average Bonchev–Trinajstić information content (AvgIpc) is 2.89. The van der Waals surface area contributed by atoms with Crippen molar-refractivity contribution in [3.05, 3.63) is 41.0 Å². The average molecular weight is 357 g/mol. The van der Waals surface area contributed by atoms with Gasteiger partial charge in [0.25, 0.3) is 0 Å². The van der Waals surface area contributed by atoms with Crippen LogP contribution >= 0.6 is 0 Å². The Balaban J connectivity index is 1.74. The second-order valence-corrected chi connectivity index (χ2v) is 8.84. The summed E-state index contributed by atoms with van der Waals surface area (Å²) in [6.07, 6.45) is 3.49. The molecule has 142 valence electrons. The summed E-state index contributed by atoms with van der Waals surface area (Å²) in [6, 6.07) is 8.27. The molecule has 3 atom stereocenters. The zero-order chi connectivity index (χ0) is 19.1. The first kappa shape index (κ1) is 19.3. The SMILES string of the molecule is CN(Cc1ccc(/C=C2/C(=O)C3CCC2(C)C3(C)C)cc1)CC(O)CO. The van der Waals surface area contributed by atoms with Crippen LogP contribution in [0.3, 0.4) is 0 Å². The van der Waals surface area contributed by atoms with Gasteiger partial charge in [-0.3, -0.25) is 9.69 Å². The van der Waals surface area contributed by atoms with Crippen molar-refractivity contribution in [2.24, 2.45) is 16.7 Å². The molecule has 4 nitrogen and oxygen atoms in total. The fraction of sp³-hybridized carbons (Fsp3) is 0.591. The predicted octanol–water partition coefficient (Wildman–Crippen LogP) is 2.88. The van der Waals surface area contributed by atoms with E-state index in [4.69, 9.17) is 5.11 Å². The van der Waals surface area contributed by atoms with Gasteiger partial charge in [-0.25, -0.2) is 0 Å². The van der Waals surface area contributed by atoms with Gasteiger partial charge in [0, 0.05) is 30.0 Å². The molecule has 2 aliphatic carbocycles. The molecule has 0 aromatic heterocycles. The van der Waals surface area contributed by atoms with E-state index in [1.54, 1.807) is 0 Å². The van der Waals surface area contributed by atoms with Crippen molar-refractivity contribution in [1.82, 2.24) is 4.90 Å². The second kappa shape index (κ2) is 6.91. The van der Waals surface area contributed by atoms with Gasteiger partial charge in [0.15, 0.2) is 5.78 Å². The zero-order valence-electron chi connectivity index (χ0n) is 16.3. The van der Waals surface area contributed by atoms with E-state index in [9.17, 15) is 9.90 Å². The summed E-state index contributed by atoms with van der Waals surface area (Å²) >= 11 is 0. The summed E-state index contributed by atoms with van der Waals surface area (Å²) < 4.78 is 0. The van der Waals surface area contributed by atoms with E-state index in [-0.39, 0.29) is 23.4 Å². The van der Waals surface area contributed by atoms with Crippen LogP contribution in [-0.4, -0.2) is 47.2 Å². The number of ketones is 1. The summed E-state index contributed by atoms with van der Waals surface area (Å²) in [5.74, 6) is 0.509. The molecule has 0 spiro atoms. The van der Waals surface area contributed by atoms with Gasteiger partial charge >= 0.3 is 0 Å². The Bertz CT molecular complexity index is 707. The molecule has 0 heterocycles. The summed E-state index contributed by atoms with van der Waals surface area (Å²) in [6.45, 7) is 7.65. The van der Waals surface area contributed by atoms with Crippen LogP contribution in [0.1, 0.15) is 44.7 Å². The molecule has 1 aromatic carbocycles. The minimum absolute atomic E-state index is 0.0198. The first-order valence-corrected chi connectivity index (χ1v) is 9.52. The lowest BCUT2D eigenvalue weighted by molar-refractivity contribution is -0.119. The predicted molar refractivity (Wildman–Crippen MR) is 103 cm³/mol. The molecule has 0 saturated heterocycles. The minimum atomic E-state index is -0.711. The molecule has 2 saturated carbocycles. The number of allylic oxidation sites excluding steroid dienone is 1. The highest BCUT2D eigenvalue weighted by molar-refractivity contribution is 6.06. The quantitative estimate of drug-likeness (QED) is 0.769. The van der Waals surface area contributed by atoms with Gasteiger partial charge in [0.1, 0.15) is 0 Å². The maximum absolute atomic E-state index is 12.8. The molecule has 2 aliphatic rings.